The van der Waals surface area contributed by atoms with E-state index >= 15 is 0 Å². The fourth-order valence-corrected chi connectivity index (χ4v) is 3.38. The minimum atomic E-state index is 0.515. The van der Waals surface area contributed by atoms with E-state index in [4.69, 9.17) is 11.6 Å². The molecule has 0 bridgehead atoms. The van der Waals surface area contributed by atoms with Crippen molar-refractivity contribution in [1.82, 2.24) is 4.98 Å². The summed E-state index contributed by atoms with van der Waals surface area (Å²) in [5, 5.41) is 3.25. The van der Waals surface area contributed by atoms with Gasteiger partial charge in [0, 0.05) is 30.6 Å². The summed E-state index contributed by atoms with van der Waals surface area (Å²) in [6.07, 6.45) is 2.15. The molecule has 0 saturated heterocycles. The predicted molar refractivity (Wildman–Crippen MR) is 89.1 cm³/mol. The van der Waals surface area contributed by atoms with Crippen LogP contribution in [0.3, 0.4) is 0 Å². The summed E-state index contributed by atoms with van der Waals surface area (Å²) in [5.41, 5.74) is 3.68. The van der Waals surface area contributed by atoms with Crippen molar-refractivity contribution in [1.29, 1.82) is 0 Å². The fourth-order valence-electron chi connectivity index (χ4n) is 2.31. The van der Waals surface area contributed by atoms with Crippen molar-refractivity contribution in [2.75, 3.05) is 18.0 Å². The number of thiazole rings is 1. The summed E-state index contributed by atoms with van der Waals surface area (Å²) < 4.78 is 0. The standard InChI is InChI=1S/C16H21ClN2S/c1-3-19(15-8-5-4-7-13(15)2)10-6-9-16-18-14(11-17)12-20-16/h4-5,7-8,12H,3,6,9-11H2,1-2H3. The third-order valence-corrected chi connectivity index (χ3v) is 4.62. The van der Waals surface area contributed by atoms with Gasteiger partial charge in [0.25, 0.3) is 0 Å². The Balaban J connectivity index is 1.90. The van der Waals surface area contributed by atoms with Crippen LogP contribution >= 0.6 is 22.9 Å². The van der Waals surface area contributed by atoms with Gasteiger partial charge in [-0.3, -0.25) is 0 Å². The normalized spacial score (nSPS) is 10.8. The quantitative estimate of drug-likeness (QED) is 0.692. The van der Waals surface area contributed by atoms with Crippen LogP contribution < -0.4 is 4.90 Å². The molecule has 0 atom stereocenters. The maximum absolute atomic E-state index is 5.78. The maximum Gasteiger partial charge on any atom is 0.0929 e. The second-order valence-corrected chi connectivity index (χ2v) is 6.05. The lowest BCUT2D eigenvalue weighted by atomic mass is 10.1. The molecule has 0 saturated carbocycles. The molecule has 0 N–H and O–H groups in total. The van der Waals surface area contributed by atoms with Crippen molar-refractivity contribution in [3.8, 4) is 0 Å². The number of benzene rings is 1. The minimum absolute atomic E-state index is 0.515. The number of hydrogen-bond donors (Lipinski definition) is 0. The zero-order chi connectivity index (χ0) is 14.4. The fraction of sp³-hybridized carbons (Fsp3) is 0.438. The Hall–Kier alpha value is -1.06. The topological polar surface area (TPSA) is 16.1 Å². The highest BCUT2D eigenvalue weighted by Gasteiger charge is 2.07. The molecule has 108 valence electrons. The summed E-state index contributed by atoms with van der Waals surface area (Å²) in [7, 11) is 0. The summed E-state index contributed by atoms with van der Waals surface area (Å²) >= 11 is 7.50. The van der Waals surface area contributed by atoms with Gasteiger partial charge in [-0.25, -0.2) is 4.98 Å². The van der Waals surface area contributed by atoms with Crippen molar-refractivity contribution in [3.05, 3.63) is 45.9 Å². The molecule has 0 spiro atoms. The molecule has 0 aliphatic carbocycles. The van der Waals surface area contributed by atoms with Gasteiger partial charge in [0.2, 0.25) is 0 Å². The number of rotatable bonds is 7. The van der Waals surface area contributed by atoms with Gasteiger partial charge < -0.3 is 4.90 Å². The van der Waals surface area contributed by atoms with Crippen molar-refractivity contribution in [2.45, 2.75) is 32.6 Å². The molecular formula is C16H21ClN2S. The second kappa shape index (κ2) is 7.65. The first-order chi connectivity index (χ1) is 9.74. The van der Waals surface area contributed by atoms with Crippen LogP contribution in [0.2, 0.25) is 0 Å². The predicted octanol–water partition coefficient (Wildman–Crippen LogP) is 4.65. The van der Waals surface area contributed by atoms with Crippen LogP contribution in [-0.4, -0.2) is 18.1 Å². The second-order valence-electron chi connectivity index (χ2n) is 4.84. The lowest BCUT2D eigenvalue weighted by Gasteiger charge is -2.24. The van der Waals surface area contributed by atoms with Crippen LogP contribution in [0.5, 0.6) is 0 Å². The lowest BCUT2D eigenvalue weighted by molar-refractivity contribution is 0.741. The van der Waals surface area contributed by atoms with E-state index in [-0.39, 0.29) is 0 Å². The monoisotopic (exact) mass is 308 g/mol. The number of para-hydroxylation sites is 1. The van der Waals surface area contributed by atoms with Gasteiger partial charge >= 0.3 is 0 Å². The van der Waals surface area contributed by atoms with E-state index in [2.05, 4.69) is 53.4 Å². The molecule has 1 aromatic heterocycles. The van der Waals surface area contributed by atoms with Gasteiger partial charge in [0.15, 0.2) is 0 Å². The van der Waals surface area contributed by atoms with E-state index in [0.717, 1.165) is 31.6 Å². The molecule has 0 unspecified atom stereocenters. The third-order valence-electron chi connectivity index (χ3n) is 3.39. The molecule has 1 heterocycles. The van der Waals surface area contributed by atoms with Crippen molar-refractivity contribution in [2.24, 2.45) is 0 Å². The Kier molecular flexibility index (Phi) is 5.86. The first-order valence-electron chi connectivity index (χ1n) is 7.04. The molecule has 2 rings (SSSR count). The summed E-state index contributed by atoms with van der Waals surface area (Å²) in [5.74, 6) is 0.515. The molecule has 2 nitrogen and oxygen atoms in total. The Bertz CT molecular complexity index is 539. The third kappa shape index (κ3) is 3.97. The Morgan fingerprint density at radius 2 is 2.10 bits per heavy atom. The molecule has 0 radical (unpaired) electrons. The summed E-state index contributed by atoms with van der Waals surface area (Å²) in [6.45, 7) is 6.49. The van der Waals surface area contributed by atoms with Crippen molar-refractivity contribution in [3.63, 3.8) is 0 Å². The van der Waals surface area contributed by atoms with Crippen LogP contribution in [-0.2, 0) is 12.3 Å². The van der Waals surface area contributed by atoms with Crippen molar-refractivity contribution >= 4 is 28.6 Å². The van der Waals surface area contributed by atoms with Crippen LogP contribution in [0.15, 0.2) is 29.6 Å². The van der Waals surface area contributed by atoms with Gasteiger partial charge in [0.05, 0.1) is 16.6 Å². The molecule has 0 aliphatic heterocycles. The maximum atomic E-state index is 5.78. The zero-order valence-electron chi connectivity index (χ0n) is 12.1. The van der Waals surface area contributed by atoms with Crippen molar-refractivity contribution < 1.29 is 0 Å². The van der Waals surface area contributed by atoms with Gasteiger partial charge in [-0.05, 0) is 31.9 Å². The van der Waals surface area contributed by atoms with Crippen LogP contribution in [0, 0.1) is 6.92 Å². The molecule has 20 heavy (non-hydrogen) atoms. The van der Waals surface area contributed by atoms with Gasteiger partial charge in [-0.1, -0.05) is 18.2 Å². The number of halogens is 1. The number of aromatic nitrogens is 1. The summed E-state index contributed by atoms with van der Waals surface area (Å²) in [6, 6.07) is 8.58. The SMILES string of the molecule is CCN(CCCc1nc(CCl)cs1)c1ccccc1C. The van der Waals surface area contributed by atoms with E-state index in [1.54, 1.807) is 11.3 Å². The molecular weight excluding hydrogens is 288 g/mol. The van der Waals surface area contributed by atoms with Gasteiger partial charge in [0.1, 0.15) is 0 Å². The molecule has 1 aromatic carbocycles. The highest BCUT2D eigenvalue weighted by molar-refractivity contribution is 7.09. The van der Waals surface area contributed by atoms with Crippen LogP contribution in [0.4, 0.5) is 5.69 Å². The zero-order valence-corrected chi connectivity index (χ0v) is 13.7. The van der Waals surface area contributed by atoms with E-state index in [9.17, 15) is 0 Å². The molecule has 4 heteroatoms. The highest BCUT2D eigenvalue weighted by Crippen LogP contribution is 2.20. The largest absolute Gasteiger partial charge is 0.372 e. The Morgan fingerprint density at radius 3 is 2.75 bits per heavy atom. The van der Waals surface area contributed by atoms with E-state index in [0.29, 0.717) is 5.88 Å². The number of aryl methyl sites for hydroxylation is 2. The number of alkyl halides is 1. The Morgan fingerprint density at radius 1 is 1.30 bits per heavy atom. The van der Waals surface area contributed by atoms with Crippen LogP contribution in [0.25, 0.3) is 0 Å². The molecule has 0 amide bonds. The average Bonchev–Trinajstić information content (AvgIpc) is 2.93. The van der Waals surface area contributed by atoms with E-state index in [1.165, 1.54) is 16.3 Å². The van der Waals surface area contributed by atoms with E-state index in [1.807, 2.05) is 0 Å². The molecule has 0 fully saturated rings. The minimum Gasteiger partial charge on any atom is -0.372 e. The van der Waals surface area contributed by atoms with Crippen LogP contribution in [0.1, 0.15) is 29.6 Å². The first kappa shape index (κ1) is 15.3. The first-order valence-corrected chi connectivity index (χ1v) is 8.45. The molecule has 0 aliphatic rings. The van der Waals surface area contributed by atoms with Gasteiger partial charge in [-0.2, -0.15) is 0 Å². The summed E-state index contributed by atoms with van der Waals surface area (Å²) in [4.78, 5) is 6.95. The average molecular weight is 309 g/mol. The number of hydrogen-bond acceptors (Lipinski definition) is 3. The molecule has 2 aromatic rings. The smallest absolute Gasteiger partial charge is 0.0929 e. The lowest BCUT2D eigenvalue weighted by Crippen LogP contribution is -2.25. The van der Waals surface area contributed by atoms with E-state index < -0.39 is 0 Å². The van der Waals surface area contributed by atoms with Gasteiger partial charge in [-0.15, -0.1) is 22.9 Å². The highest BCUT2D eigenvalue weighted by atomic mass is 35.5. The number of anilines is 1. The number of nitrogens with zero attached hydrogens (tertiary/aromatic N) is 2. The Labute approximate surface area is 130 Å².